The van der Waals surface area contributed by atoms with Crippen LogP contribution in [0.15, 0.2) is 52.4 Å². The first-order valence-corrected chi connectivity index (χ1v) is 11.3. The van der Waals surface area contributed by atoms with Gasteiger partial charge in [-0.25, -0.2) is 4.99 Å². The predicted molar refractivity (Wildman–Crippen MR) is 132 cm³/mol. The molecular formula is C24H21Cl2N3OS. The van der Waals surface area contributed by atoms with Crippen molar-refractivity contribution in [2.24, 2.45) is 4.99 Å². The summed E-state index contributed by atoms with van der Waals surface area (Å²) in [5, 5.41) is 4.61. The molecule has 1 saturated heterocycles. The van der Waals surface area contributed by atoms with Crippen LogP contribution < -0.4 is 5.32 Å². The second kappa shape index (κ2) is 8.58. The molecule has 2 heterocycles. The Kier molecular flexibility index (Phi) is 6.02. The van der Waals surface area contributed by atoms with Gasteiger partial charge in [0.25, 0.3) is 5.91 Å². The molecule has 158 valence electrons. The maximum Gasteiger partial charge on any atom is 0.264 e. The van der Waals surface area contributed by atoms with E-state index in [2.05, 4.69) is 14.9 Å². The summed E-state index contributed by atoms with van der Waals surface area (Å²) in [6.45, 7) is 8.06. The van der Waals surface area contributed by atoms with E-state index >= 15 is 0 Å². The number of carbonyl (C=O) groups excluding carboxylic acids is 1. The molecule has 4 nitrogen and oxygen atoms in total. The average Bonchev–Trinajstić information content (AvgIpc) is 3.16. The number of nitrogens with one attached hydrogen (secondary N) is 1. The zero-order valence-electron chi connectivity index (χ0n) is 17.6. The maximum atomic E-state index is 12.6. The smallest absolute Gasteiger partial charge is 0.264 e. The van der Waals surface area contributed by atoms with E-state index in [1.165, 1.54) is 11.8 Å². The Balaban J connectivity index is 1.67. The summed E-state index contributed by atoms with van der Waals surface area (Å²) >= 11 is 13.7. The first kappa shape index (κ1) is 21.8. The lowest BCUT2D eigenvalue weighted by Gasteiger charge is -2.10. The summed E-state index contributed by atoms with van der Waals surface area (Å²) in [7, 11) is 0. The number of halogens is 2. The third-order valence-corrected chi connectivity index (χ3v) is 6.45. The van der Waals surface area contributed by atoms with Crippen molar-refractivity contribution in [3.05, 3.63) is 85.5 Å². The minimum atomic E-state index is -0.148. The Morgan fingerprint density at radius 3 is 2.42 bits per heavy atom. The Morgan fingerprint density at radius 1 is 1.00 bits per heavy atom. The van der Waals surface area contributed by atoms with Crippen molar-refractivity contribution >= 4 is 57.8 Å². The van der Waals surface area contributed by atoms with Crippen molar-refractivity contribution in [1.29, 1.82) is 0 Å². The lowest BCUT2D eigenvalue weighted by Crippen LogP contribution is -2.19. The van der Waals surface area contributed by atoms with Crippen LogP contribution in [0.5, 0.6) is 0 Å². The van der Waals surface area contributed by atoms with Crippen LogP contribution in [0.4, 0.5) is 5.69 Å². The van der Waals surface area contributed by atoms with Crippen LogP contribution in [-0.4, -0.2) is 15.6 Å². The van der Waals surface area contributed by atoms with Crippen LogP contribution in [0.25, 0.3) is 11.8 Å². The van der Waals surface area contributed by atoms with Crippen molar-refractivity contribution in [1.82, 2.24) is 9.88 Å². The number of rotatable bonds is 3. The fraction of sp³-hybridized carbons (Fsp3) is 0.167. The Labute approximate surface area is 196 Å². The normalized spacial score (nSPS) is 16.4. The molecule has 4 rings (SSSR count). The van der Waals surface area contributed by atoms with Crippen LogP contribution in [-0.2, 0) is 4.79 Å². The van der Waals surface area contributed by atoms with Gasteiger partial charge in [0.15, 0.2) is 5.17 Å². The molecule has 0 saturated carbocycles. The molecule has 1 aliphatic rings. The molecule has 0 aliphatic carbocycles. The summed E-state index contributed by atoms with van der Waals surface area (Å²) in [6, 6.07) is 13.6. The first-order valence-electron chi connectivity index (χ1n) is 9.73. The summed E-state index contributed by atoms with van der Waals surface area (Å²) in [4.78, 5) is 17.8. The van der Waals surface area contributed by atoms with E-state index in [0.717, 1.165) is 39.5 Å². The number of thioether (sulfide) groups is 1. The van der Waals surface area contributed by atoms with Gasteiger partial charge in [-0.2, -0.15) is 0 Å². The van der Waals surface area contributed by atoms with Gasteiger partial charge < -0.3 is 9.88 Å². The summed E-state index contributed by atoms with van der Waals surface area (Å²) in [5.41, 5.74) is 6.92. The van der Waals surface area contributed by atoms with Crippen LogP contribution >= 0.6 is 35.0 Å². The number of aromatic nitrogens is 1. The topological polar surface area (TPSA) is 46.4 Å². The summed E-state index contributed by atoms with van der Waals surface area (Å²) in [5.74, 6) is -0.148. The third kappa shape index (κ3) is 4.59. The standard InChI is InChI=1S/C24H21Cl2N3OS/c1-13-5-6-14(2)21(7-13)27-24-28-23(30)22(31-24)9-17-8-15(3)29(16(17)4)20-11-18(25)10-19(26)12-20/h5-12H,1-4H3,(H,27,28,30)/b22-9-. The highest BCUT2D eigenvalue weighted by atomic mass is 35.5. The number of aryl methyl sites for hydroxylation is 3. The van der Waals surface area contributed by atoms with E-state index in [1.54, 1.807) is 6.07 Å². The van der Waals surface area contributed by atoms with E-state index in [0.29, 0.717) is 20.1 Å². The number of benzene rings is 2. The molecule has 1 fully saturated rings. The van der Waals surface area contributed by atoms with Gasteiger partial charge in [0, 0.05) is 27.1 Å². The lowest BCUT2D eigenvalue weighted by molar-refractivity contribution is -0.115. The van der Waals surface area contributed by atoms with Crippen molar-refractivity contribution in [3.63, 3.8) is 0 Å². The highest BCUT2D eigenvalue weighted by Gasteiger charge is 2.25. The highest BCUT2D eigenvalue weighted by Crippen LogP contribution is 2.32. The van der Waals surface area contributed by atoms with E-state index in [9.17, 15) is 4.79 Å². The second-order valence-corrected chi connectivity index (χ2v) is 9.46. The van der Waals surface area contributed by atoms with Gasteiger partial charge in [-0.05, 0) is 92.6 Å². The molecule has 0 spiro atoms. The van der Waals surface area contributed by atoms with Crippen molar-refractivity contribution in [2.45, 2.75) is 27.7 Å². The number of nitrogens with zero attached hydrogens (tertiary/aromatic N) is 2. The number of carbonyl (C=O) groups is 1. The Bertz CT molecular complexity index is 1250. The molecule has 0 radical (unpaired) electrons. The molecule has 0 atom stereocenters. The average molecular weight is 470 g/mol. The molecule has 1 amide bonds. The number of amides is 1. The van der Waals surface area contributed by atoms with E-state index in [4.69, 9.17) is 23.2 Å². The van der Waals surface area contributed by atoms with Crippen LogP contribution in [0, 0.1) is 27.7 Å². The predicted octanol–water partition coefficient (Wildman–Crippen LogP) is 6.91. The van der Waals surface area contributed by atoms with Crippen LogP contribution in [0.1, 0.15) is 28.1 Å². The number of hydrogen-bond acceptors (Lipinski definition) is 3. The van der Waals surface area contributed by atoms with Gasteiger partial charge in [-0.1, -0.05) is 35.3 Å². The SMILES string of the molecule is Cc1ccc(C)c(N=C2NC(=O)/C(=C/c3cc(C)n(-c4cc(Cl)cc(Cl)c4)c3C)S2)c1. The third-order valence-electron chi connectivity index (χ3n) is 5.10. The molecule has 0 bridgehead atoms. The number of hydrogen-bond donors (Lipinski definition) is 1. The molecule has 1 aromatic heterocycles. The molecule has 31 heavy (non-hydrogen) atoms. The van der Waals surface area contributed by atoms with Crippen LogP contribution in [0.3, 0.4) is 0 Å². The molecular weight excluding hydrogens is 449 g/mol. The van der Waals surface area contributed by atoms with Crippen molar-refractivity contribution < 1.29 is 4.79 Å². The van der Waals surface area contributed by atoms with E-state index in [1.807, 2.05) is 70.2 Å². The Hall–Kier alpha value is -2.47. The van der Waals surface area contributed by atoms with E-state index in [-0.39, 0.29) is 5.91 Å². The molecule has 1 N–H and O–H groups in total. The molecule has 1 aliphatic heterocycles. The second-order valence-electron chi connectivity index (χ2n) is 7.56. The van der Waals surface area contributed by atoms with Gasteiger partial charge in [-0.3, -0.25) is 4.79 Å². The van der Waals surface area contributed by atoms with Gasteiger partial charge in [-0.15, -0.1) is 0 Å². The first-order chi connectivity index (χ1) is 14.7. The molecule has 7 heteroatoms. The van der Waals surface area contributed by atoms with E-state index < -0.39 is 0 Å². The lowest BCUT2D eigenvalue weighted by atomic mass is 10.1. The number of amidine groups is 1. The van der Waals surface area contributed by atoms with Gasteiger partial charge in [0.2, 0.25) is 0 Å². The largest absolute Gasteiger partial charge is 0.318 e. The quantitative estimate of drug-likeness (QED) is 0.423. The monoisotopic (exact) mass is 469 g/mol. The Morgan fingerprint density at radius 2 is 1.71 bits per heavy atom. The minimum absolute atomic E-state index is 0.148. The summed E-state index contributed by atoms with van der Waals surface area (Å²) in [6.07, 6.45) is 1.90. The van der Waals surface area contributed by atoms with Gasteiger partial charge >= 0.3 is 0 Å². The van der Waals surface area contributed by atoms with Gasteiger partial charge in [0.1, 0.15) is 0 Å². The maximum absolute atomic E-state index is 12.6. The zero-order valence-corrected chi connectivity index (χ0v) is 19.9. The number of aliphatic imine (C=N–C) groups is 1. The van der Waals surface area contributed by atoms with Gasteiger partial charge in [0.05, 0.1) is 10.6 Å². The fourth-order valence-electron chi connectivity index (χ4n) is 3.57. The molecule has 0 unspecified atom stereocenters. The van der Waals surface area contributed by atoms with Crippen molar-refractivity contribution in [2.75, 3.05) is 0 Å². The molecule has 3 aromatic rings. The minimum Gasteiger partial charge on any atom is -0.318 e. The fourth-order valence-corrected chi connectivity index (χ4v) is 4.91. The van der Waals surface area contributed by atoms with Crippen molar-refractivity contribution in [3.8, 4) is 5.69 Å². The van der Waals surface area contributed by atoms with Crippen LogP contribution in [0.2, 0.25) is 10.0 Å². The zero-order chi connectivity index (χ0) is 22.3. The molecule has 2 aromatic carbocycles. The summed E-state index contributed by atoms with van der Waals surface area (Å²) < 4.78 is 2.08. The highest BCUT2D eigenvalue weighted by molar-refractivity contribution is 8.18.